The van der Waals surface area contributed by atoms with Gasteiger partial charge in [-0.05, 0) is 44.0 Å². The van der Waals surface area contributed by atoms with Gasteiger partial charge in [-0.2, -0.15) is 0 Å². The fraction of sp³-hybridized carbons (Fsp3) is 0.172. The standard InChI is InChI=1S/C29H26N2O4S/c1-18-9-12-21(13-10-18)28(33)23-6-4-5-7-24(23)29(34)35-16-22-17-36-27(30-22)15-26(32)31-25-14-19(2)8-11-20(25)3/h4-14,17H,15-16H2,1-3H3,(H,31,32). The van der Waals surface area contributed by atoms with E-state index in [0.29, 0.717) is 16.3 Å². The first-order chi connectivity index (χ1) is 17.3. The minimum Gasteiger partial charge on any atom is -0.456 e. The van der Waals surface area contributed by atoms with Gasteiger partial charge in [-0.1, -0.05) is 60.2 Å². The van der Waals surface area contributed by atoms with E-state index in [1.165, 1.54) is 11.3 Å². The maximum absolute atomic E-state index is 13.0. The van der Waals surface area contributed by atoms with Gasteiger partial charge in [0.25, 0.3) is 0 Å². The zero-order valence-electron chi connectivity index (χ0n) is 20.3. The molecule has 0 radical (unpaired) electrons. The summed E-state index contributed by atoms with van der Waals surface area (Å²) in [5.74, 6) is -1.01. The number of nitrogens with zero attached hydrogens (tertiary/aromatic N) is 1. The first kappa shape index (κ1) is 25.0. The molecule has 0 spiro atoms. The molecule has 0 atom stereocenters. The zero-order chi connectivity index (χ0) is 25.7. The maximum atomic E-state index is 13.0. The third kappa shape index (κ3) is 6.12. The summed E-state index contributed by atoms with van der Waals surface area (Å²) in [5, 5.41) is 5.31. The summed E-state index contributed by atoms with van der Waals surface area (Å²) in [6.07, 6.45) is 0.125. The number of carbonyl (C=O) groups excluding carboxylic acids is 3. The highest BCUT2D eigenvalue weighted by Crippen LogP contribution is 2.19. The topological polar surface area (TPSA) is 85.4 Å². The molecule has 0 aliphatic rings. The molecule has 1 aromatic heterocycles. The molecule has 0 fully saturated rings. The first-order valence-corrected chi connectivity index (χ1v) is 12.4. The number of aryl methyl sites for hydroxylation is 3. The molecule has 0 saturated heterocycles. The van der Waals surface area contributed by atoms with Gasteiger partial charge >= 0.3 is 5.97 Å². The molecular weight excluding hydrogens is 472 g/mol. The van der Waals surface area contributed by atoms with Crippen LogP contribution in [0.1, 0.15) is 53.7 Å². The van der Waals surface area contributed by atoms with Crippen molar-refractivity contribution < 1.29 is 19.1 Å². The number of amides is 1. The molecule has 36 heavy (non-hydrogen) atoms. The lowest BCUT2D eigenvalue weighted by molar-refractivity contribution is -0.115. The van der Waals surface area contributed by atoms with E-state index in [2.05, 4.69) is 10.3 Å². The Kier molecular flexibility index (Phi) is 7.71. The SMILES string of the molecule is Cc1ccc(C(=O)c2ccccc2C(=O)OCc2csc(CC(=O)Nc3cc(C)ccc3C)n2)cc1. The Morgan fingerprint density at radius 2 is 1.58 bits per heavy atom. The van der Waals surface area contributed by atoms with Crippen LogP contribution in [-0.4, -0.2) is 22.6 Å². The number of rotatable bonds is 8. The number of nitrogens with one attached hydrogen (secondary N) is 1. The van der Waals surface area contributed by atoms with E-state index in [-0.39, 0.29) is 35.8 Å². The van der Waals surface area contributed by atoms with Gasteiger partial charge in [0.05, 0.1) is 17.7 Å². The van der Waals surface area contributed by atoms with Crippen molar-refractivity contribution in [3.05, 3.63) is 116 Å². The molecule has 7 heteroatoms. The number of hydrogen-bond donors (Lipinski definition) is 1. The Labute approximate surface area is 214 Å². The molecule has 0 saturated carbocycles. The van der Waals surface area contributed by atoms with Crippen LogP contribution in [0, 0.1) is 20.8 Å². The van der Waals surface area contributed by atoms with E-state index in [4.69, 9.17) is 4.74 Å². The minimum absolute atomic E-state index is 0.0546. The molecule has 1 amide bonds. The number of ether oxygens (including phenoxy) is 1. The van der Waals surface area contributed by atoms with Gasteiger partial charge < -0.3 is 10.1 Å². The summed E-state index contributed by atoms with van der Waals surface area (Å²) < 4.78 is 5.46. The molecule has 1 heterocycles. The monoisotopic (exact) mass is 498 g/mol. The van der Waals surface area contributed by atoms with Crippen molar-refractivity contribution in [1.82, 2.24) is 4.98 Å². The molecule has 6 nitrogen and oxygen atoms in total. The van der Waals surface area contributed by atoms with Crippen molar-refractivity contribution in [2.75, 3.05) is 5.32 Å². The second-order valence-corrected chi connectivity index (χ2v) is 9.54. The van der Waals surface area contributed by atoms with E-state index in [1.54, 1.807) is 41.8 Å². The molecule has 0 aliphatic heterocycles. The van der Waals surface area contributed by atoms with Gasteiger partial charge in [0.1, 0.15) is 11.6 Å². The molecule has 0 aliphatic carbocycles. The van der Waals surface area contributed by atoms with Crippen molar-refractivity contribution in [2.24, 2.45) is 0 Å². The summed E-state index contributed by atoms with van der Waals surface area (Å²) >= 11 is 1.33. The van der Waals surface area contributed by atoms with Crippen molar-refractivity contribution >= 4 is 34.7 Å². The predicted octanol–water partition coefficient (Wildman–Crippen LogP) is 5.84. The Bertz CT molecular complexity index is 1420. The number of ketones is 1. The van der Waals surface area contributed by atoms with E-state index < -0.39 is 5.97 Å². The van der Waals surface area contributed by atoms with Crippen LogP contribution < -0.4 is 5.32 Å². The highest BCUT2D eigenvalue weighted by atomic mass is 32.1. The fourth-order valence-corrected chi connectivity index (χ4v) is 4.41. The summed E-state index contributed by atoms with van der Waals surface area (Å²) in [7, 11) is 0. The van der Waals surface area contributed by atoms with E-state index >= 15 is 0 Å². The molecule has 1 N–H and O–H groups in total. The van der Waals surface area contributed by atoms with Crippen LogP contribution in [0.5, 0.6) is 0 Å². The zero-order valence-corrected chi connectivity index (χ0v) is 21.1. The van der Waals surface area contributed by atoms with Gasteiger partial charge in [-0.25, -0.2) is 9.78 Å². The van der Waals surface area contributed by atoms with Crippen LogP contribution in [-0.2, 0) is 22.6 Å². The number of aromatic nitrogens is 1. The van der Waals surface area contributed by atoms with Crippen molar-refractivity contribution in [3.63, 3.8) is 0 Å². The lowest BCUT2D eigenvalue weighted by atomic mass is 9.98. The summed E-state index contributed by atoms with van der Waals surface area (Å²) in [4.78, 5) is 42.7. The Morgan fingerprint density at radius 1 is 0.889 bits per heavy atom. The second-order valence-electron chi connectivity index (χ2n) is 8.59. The van der Waals surface area contributed by atoms with E-state index in [0.717, 1.165) is 22.4 Å². The molecule has 3 aromatic carbocycles. The maximum Gasteiger partial charge on any atom is 0.339 e. The number of hydrogen-bond acceptors (Lipinski definition) is 6. The van der Waals surface area contributed by atoms with Crippen LogP contribution >= 0.6 is 11.3 Å². The Hall–Kier alpha value is -4.10. The second kappa shape index (κ2) is 11.1. The summed E-state index contributed by atoms with van der Waals surface area (Å²) in [6.45, 7) is 5.81. The van der Waals surface area contributed by atoms with Gasteiger partial charge in [-0.3, -0.25) is 9.59 Å². The van der Waals surface area contributed by atoms with Crippen molar-refractivity contribution in [3.8, 4) is 0 Å². The van der Waals surface area contributed by atoms with Crippen LogP contribution in [0.15, 0.2) is 72.1 Å². The molecule has 182 valence electrons. The minimum atomic E-state index is -0.603. The van der Waals surface area contributed by atoms with E-state index in [1.807, 2.05) is 51.1 Å². The molecule has 0 bridgehead atoms. The highest BCUT2D eigenvalue weighted by Gasteiger charge is 2.19. The number of benzene rings is 3. The average molecular weight is 499 g/mol. The smallest absolute Gasteiger partial charge is 0.339 e. The lowest BCUT2D eigenvalue weighted by Gasteiger charge is -2.09. The quantitative estimate of drug-likeness (QED) is 0.244. The molecule has 0 unspecified atom stereocenters. The van der Waals surface area contributed by atoms with Crippen LogP contribution in [0.3, 0.4) is 0 Å². The summed E-state index contributed by atoms with van der Waals surface area (Å²) in [5.41, 5.74) is 5.42. The number of carbonyl (C=O) groups is 3. The average Bonchev–Trinajstić information content (AvgIpc) is 3.32. The third-order valence-corrected chi connectivity index (χ3v) is 6.53. The highest BCUT2D eigenvalue weighted by molar-refractivity contribution is 7.09. The summed E-state index contributed by atoms with van der Waals surface area (Å²) in [6, 6.07) is 19.7. The van der Waals surface area contributed by atoms with Crippen molar-refractivity contribution in [2.45, 2.75) is 33.8 Å². The fourth-order valence-electron chi connectivity index (χ4n) is 3.64. The Morgan fingerprint density at radius 3 is 2.33 bits per heavy atom. The van der Waals surface area contributed by atoms with E-state index in [9.17, 15) is 14.4 Å². The number of anilines is 1. The third-order valence-electron chi connectivity index (χ3n) is 5.63. The number of esters is 1. The van der Waals surface area contributed by atoms with Gasteiger partial charge in [-0.15, -0.1) is 11.3 Å². The van der Waals surface area contributed by atoms with Crippen LogP contribution in [0.25, 0.3) is 0 Å². The normalized spacial score (nSPS) is 10.6. The van der Waals surface area contributed by atoms with Crippen LogP contribution in [0.2, 0.25) is 0 Å². The van der Waals surface area contributed by atoms with Crippen molar-refractivity contribution in [1.29, 1.82) is 0 Å². The number of thiazole rings is 1. The lowest BCUT2D eigenvalue weighted by Crippen LogP contribution is -2.15. The van der Waals surface area contributed by atoms with Gasteiger partial charge in [0, 0.05) is 22.2 Å². The predicted molar refractivity (Wildman–Crippen MR) is 141 cm³/mol. The molecular formula is C29H26N2O4S. The Balaban J connectivity index is 1.37. The van der Waals surface area contributed by atoms with Gasteiger partial charge in [0.15, 0.2) is 5.78 Å². The van der Waals surface area contributed by atoms with Crippen LogP contribution in [0.4, 0.5) is 5.69 Å². The molecule has 4 rings (SSSR count). The molecule has 4 aromatic rings. The van der Waals surface area contributed by atoms with Gasteiger partial charge in [0.2, 0.25) is 5.91 Å². The largest absolute Gasteiger partial charge is 0.456 e. The first-order valence-electron chi connectivity index (χ1n) is 11.5.